The molecule has 84 valence electrons. The molecule has 1 aromatic carbocycles. The second kappa shape index (κ2) is 5.41. The highest BCUT2D eigenvalue weighted by molar-refractivity contribution is 9.10. The Morgan fingerprint density at radius 2 is 2.38 bits per heavy atom. The Balaban J connectivity index is 2.02. The van der Waals surface area contributed by atoms with Crippen LogP contribution in [0.2, 0.25) is 0 Å². The highest BCUT2D eigenvalue weighted by Crippen LogP contribution is 2.28. The van der Waals surface area contributed by atoms with Gasteiger partial charge in [-0.25, -0.2) is 4.98 Å². The molecule has 0 saturated heterocycles. The average Bonchev–Trinajstić information content (AvgIpc) is 2.79. The first-order valence-electron chi connectivity index (χ1n) is 4.74. The fourth-order valence-corrected chi connectivity index (χ4v) is 2.64. The molecule has 0 spiro atoms. The van der Waals surface area contributed by atoms with Gasteiger partial charge in [0, 0.05) is 18.1 Å². The van der Waals surface area contributed by atoms with E-state index in [9.17, 15) is 0 Å². The smallest absolute Gasteiger partial charge is 0.165 e. The van der Waals surface area contributed by atoms with Crippen molar-refractivity contribution in [2.24, 2.45) is 0 Å². The number of hydrogen-bond donors (Lipinski definition) is 1. The Kier molecular flexibility index (Phi) is 3.90. The fourth-order valence-electron chi connectivity index (χ4n) is 1.28. The molecule has 0 aliphatic rings. The van der Waals surface area contributed by atoms with Crippen molar-refractivity contribution in [1.29, 1.82) is 0 Å². The maximum atomic E-state index is 5.18. The molecule has 0 fully saturated rings. The van der Waals surface area contributed by atoms with Crippen molar-refractivity contribution in [2.45, 2.75) is 10.9 Å². The van der Waals surface area contributed by atoms with Crippen LogP contribution in [0.1, 0.15) is 5.56 Å². The Bertz CT molecular complexity index is 459. The third-order valence-electron chi connectivity index (χ3n) is 2.06. The summed E-state index contributed by atoms with van der Waals surface area (Å²) in [6.07, 6.45) is 3.58. The number of rotatable bonds is 4. The predicted molar refractivity (Wildman–Crippen MR) is 68.8 cm³/mol. The summed E-state index contributed by atoms with van der Waals surface area (Å²) in [5.74, 6) is 1.74. The Hall–Kier alpha value is -0.940. The molecule has 2 rings (SSSR count). The van der Waals surface area contributed by atoms with Gasteiger partial charge in [-0.1, -0.05) is 17.8 Å². The molecule has 0 aliphatic carbocycles. The minimum Gasteiger partial charge on any atom is -0.496 e. The Morgan fingerprint density at radius 3 is 3.00 bits per heavy atom. The SMILES string of the molecule is COc1ccc(CSc2ncc[nH]2)cc1Br. The lowest BCUT2D eigenvalue weighted by Crippen LogP contribution is -1.87. The van der Waals surface area contributed by atoms with Gasteiger partial charge in [0.1, 0.15) is 5.75 Å². The lowest BCUT2D eigenvalue weighted by molar-refractivity contribution is 0.412. The Labute approximate surface area is 107 Å². The van der Waals surface area contributed by atoms with Crippen LogP contribution in [-0.4, -0.2) is 17.1 Å². The summed E-state index contributed by atoms with van der Waals surface area (Å²) in [5, 5.41) is 0.937. The zero-order valence-corrected chi connectivity index (χ0v) is 11.1. The first kappa shape index (κ1) is 11.5. The third kappa shape index (κ3) is 2.80. The van der Waals surface area contributed by atoms with E-state index >= 15 is 0 Å². The van der Waals surface area contributed by atoms with Crippen LogP contribution in [-0.2, 0) is 5.75 Å². The van der Waals surface area contributed by atoms with Gasteiger partial charge in [0.15, 0.2) is 5.16 Å². The van der Waals surface area contributed by atoms with Crippen LogP contribution in [0, 0.1) is 0 Å². The number of nitrogens with one attached hydrogen (secondary N) is 1. The molecule has 1 aromatic heterocycles. The normalized spacial score (nSPS) is 10.4. The first-order chi connectivity index (χ1) is 7.79. The summed E-state index contributed by atoms with van der Waals surface area (Å²) >= 11 is 5.14. The van der Waals surface area contributed by atoms with Gasteiger partial charge in [-0.2, -0.15) is 0 Å². The molecule has 0 radical (unpaired) electrons. The van der Waals surface area contributed by atoms with Gasteiger partial charge in [-0.15, -0.1) is 0 Å². The molecule has 3 nitrogen and oxygen atoms in total. The van der Waals surface area contributed by atoms with Crippen molar-refractivity contribution in [3.8, 4) is 5.75 Å². The molecular weight excluding hydrogens is 288 g/mol. The molecule has 2 aromatic rings. The van der Waals surface area contributed by atoms with Crippen LogP contribution < -0.4 is 4.74 Å². The first-order valence-corrected chi connectivity index (χ1v) is 6.52. The zero-order valence-electron chi connectivity index (χ0n) is 8.74. The van der Waals surface area contributed by atoms with Crippen molar-refractivity contribution in [3.63, 3.8) is 0 Å². The van der Waals surface area contributed by atoms with Gasteiger partial charge < -0.3 is 9.72 Å². The number of thioether (sulfide) groups is 1. The fraction of sp³-hybridized carbons (Fsp3) is 0.182. The van der Waals surface area contributed by atoms with Gasteiger partial charge >= 0.3 is 0 Å². The topological polar surface area (TPSA) is 37.9 Å². The number of ether oxygens (including phenoxy) is 1. The molecule has 0 bridgehead atoms. The van der Waals surface area contributed by atoms with Crippen molar-refractivity contribution >= 4 is 27.7 Å². The van der Waals surface area contributed by atoms with Gasteiger partial charge in [0.2, 0.25) is 0 Å². The number of halogens is 1. The molecule has 0 amide bonds. The number of H-pyrrole nitrogens is 1. The van der Waals surface area contributed by atoms with E-state index in [0.717, 1.165) is 21.1 Å². The lowest BCUT2D eigenvalue weighted by Gasteiger charge is -2.05. The van der Waals surface area contributed by atoms with Crippen LogP contribution in [0.4, 0.5) is 0 Å². The standard InChI is InChI=1S/C11H11BrN2OS/c1-15-10-3-2-8(6-9(10)12)7-16-11-13-4-5-14-11/h2-6H,7H2,1H3,(H,13,14). The molecule has 1 heterocycles. The molecular formula is C11H11BrN2OS. The van der Waals surface area contributed by atoms with Crippen LogP contribution in [0.5, 0.6) is 5.75 Å². The molecule has 0 unspecified atom stereocenters. The number of aromatic amines is 1. The molecule has 5 heteroatoms. The summed E-state index contributed by atoms with van der Waals surface area (Å²) in [7, 11) is 1.66. The van der Waals surface area contributed by atoms with E-state index in [0.29, 0.717) is 0 Å². The van der Waals surface area contributed by atoms with E-state index in [1.54, 1.807) is 25.1 Å². The summed E-state index contributed by atoms with van der Waals surface area (Å²) in [4.78, 5) is 7.22. The van der Waals surface area contributed by atoms with E-state index in [-0.39, 0.29) is 0 Å². The van der Waals surface area contributed by atoms with Crippen molar-refractivity contribution in [3.05, 3.63) is 40.6 Å². The van der Waals surface area contributed by atoms with Crippen LogP contribution >= 0.6 is 27.7 Å². The summed E-state index contributed by atoms with van der Waals surface area (Å²) < 4.78 is 6.16. The van der Waals surface area contributed by atoms with Gasteiger partial charge in [-0.3, -0.25) is 0 Å². The molecule has 0 aliphatic heterocycles. The number of nitrogens with zero attached hydrogens (tertiary/aromatic N) is 1. The number of hydrogen-bond acceptors (Lipinski definition) is 3. The van der Waals surface area contributed by atoms with Gasteiger partial charge in [0.05, 0.1) is 11.6 Å². The highest BCUT2D eigenvalue weighted by Gasteiger charge is 2.02. The van der Waals surface area contributed by atoms with Crippen LogP contribution in [0.25, 0.3) is 0 Å². The maximum absolute atomic E-state index is 5.18. The number of methoxy groups -OCH3 is 1. The van der Waals surface area contributed by atoms with Gasteiger partial charge in [-0.05, 0) is 33.6 Å². The lowest BCUT2D eigenvalue weighted by atomic mass is 10.2. The second-order valence-corrected chi connectivity index (χ2v) is 4.97. The van der Waals surface area contributed by atoms with Crippen molar-refractivity contribution in [1.82, 2.24) is 9.97 Å². The van der Waals surface area contributed by atoms with Gasteiger partial charge in [0.25, 0.3) is 0 Å². The number of aromatic nitrogens is 2. The van der Waals surface area contributed by atoms with E-state index in [2.05, 4.69) is 38.0 Å². The van der Waals surface area contributed by atoms with E-state index in [4.69, 9.17) is 4.74 Å². The van der Waals surface area contributed by atoms with Crippen molar-refractivity contribution in [2.75, 3.05) is 7.11 Å². The van der Waals surface area contributed by atoms with E-state index in [1.165, 1.54) is 5.56 Å². The molecule has 0 atom stereocenters. The number of imidazole rings is 1. The molecule has 1 N–H and O–H groups in total. The minimum absolute atomic E-state index is 0.853. The van der Waals surface area contributed by atoms with E-state index in [1.807, 2.05) is 12.3 Å². The average molecular weight is 299 g/mol. The van der Waals surface area contributed by atoms with Crippen molar-refractivity contribution < 1.29 is 4.74 Å². The maximum Gasteiger partial charge on any atom is 0.165 e. The molecule has 16 heavy (non-hydrogen) atoms. The summed E-state index contributed by atoms with van der Waals surface area (Å²) in [6, 6.07) is 6.08. The monoisotopic (exact) mass is 298 g/mol. The molecule has 0 saturated carbocycles. The van der Waals surface area contributed by atoms with Crippen LogP contribution in [0.15, 0.2) is 40.2 Å². The zero-order chi connectivity index (χ0) is 11.4. The minimum atomic E-state index is 0.853. The quantitative estimate of drug-likeness (QED) is 0.878. The third-order valence-corrected chi connectivity index (χ3v) is 3.66. The number of benzene rings is 1. The highest BCUT2D eigenvalue weighted by atomic mass is 79.9. The predicted octanol–water partition coefficient (Wildman–Crippen LogP) is 3.47. The summed E-state index contributed by atoms with van der Waals surface area (Å²) in [5.41, 5.74) is 1.23. The largest absolute Gasteiger partial charge is 0.496 e. The summed E-state index contributed by atoms with van der Waals surface area (Å²) in [6.45, 7) is 0. The van der Waals surface area contributed by atoms with Crippen LogP contribution in [0.3, 0.4) is 0 Å². The second-order valence-electron chi connectivity index (χ2n) is 3.15. The Morgan fingerprint density at radius 1 is 1.50 bits per heavy atom. The van der Waals surface area contributed by atoms with E-state index < -0.39 is 0 Å².